The molecule has 5 heteroatoms. The topological polar surface area (TPSA) is 55.8 Å². The molecule has 0 atom stereocenters. The summed E-state index contributed by atoms with van der Waals surface area (Å²) in [4.78, 5) is 11.3. The van der Waals surface area contributed by atoms with E-state index in [9.17, 15) is 9.90 Å². The lowest BCUT2D eigenvalue weighted by Crippen LogP contribution is -2.03. The van der Waals surface area contributed by atoms with Crippen molar-refractivity contribution >= 4 is 17.6 Å². The first-order chi connectivity index (χ1) is 9.56. The molecule has 104 valence electrons. The van der Waals surface area contributed by atoms with Crippen LogP contribution in [0.15, 0.2) is 36.4 Å². The summed E-state index contributed by atoms with van der Waals surface area (Å²) in [5.41, 5.74) is 1.55. The van der Waals surface area contributed by atoms with E-state index in [1.807, 2.05) is 6.07 Å². The Balaban J connectivity index is 2.66. The van der Waals surface area contributed by atoms with Crippen LogP contribution >= 0.6 is 11.6 Å². The SMILES string of the molecule is COc1cc(-c2cccc(Cl)c2)cc(C(=O)O)c1OC. The first-order valence-corrected chi connectivity index (χ1v) is 6.20. The summed E-state index contributed by atoms with van der Waals surface area (Å²) in [5.74, 6) is -0.516. The number of hydrogen-bond donors (Lipinski definition) is 1. The Kier molecular flexibility index (Phi) is 4.15. The van der Waals surface area contributed by atoms with Crippen molar-refractivity contribution in [2.24, 2.45) is 0 Å². The molecule has 0 aliphatic heterocycles. The lowest BCUT2D eigenvalue weighted by molar-refractivity contribution is 0.0692. The van der Waals surface area contributed by atoms with E-state index >= 15 is 0 Å². The average Bonchev–Trinajstić information content (AvgIpc) is 2.45. The molecule has 2 aromatic carbocycles. The third-order valence-corrected chi connectivity index (χ3v) is 3.10. The van der Waals surface area contributed by atoms with E-state index in [-0.39, 0.29) is 11.3 Å². The maximum Gasteiger partial charge on any atom is 0.339 e. The predicted molar refractivity (Wildman–Crippen MR) is 77.0 cm³/mol. The summed E-state index contributed by atoms with van der Waals surface area (Å²) >= 11 is 5.96. The van der Waals surface area contributed by atoms with Crippen LogP contribution in [-0.2, 0) is 0 Å². The molecule has 2 aromatic rings. The van der Waals surface area contributed by atoms with Crippen molar-refractivity contribution in [3.05, 3.63) is 47.0 Å². The van der Waals surface area contributed by atoms with Gasteiger partial charge in [-0.2, -0.15) is 0 Å². The van der Waals surface area contributed by atoms with Gasteiger partial charge in [0.1, 0.15) is 5.56 Å². The number of aromatic carboxylic acids is 1. The molecule has 2 rings (SSSR count). The molecular weight excluding hydrogens is 280 g/mol. The van der Waals surface area contributed by atoms with Crippen molar-refractivity contribution in [2.45, 2.75) is 0 Å². The van der Waals surface area contributed by atoms with E-state index in [0.29, 0.717) is 16.3 Å². The third kappa shape index (κ3) is 2.70. The van der Waals surface area contributed by atoms with Crippen LogP contribution in [0.3, 0.4) is 0 Å². The van der Waals surface area contributed by atoms with Crippen LogP contribution in [0.2, 0.25) is 5.02 Å². The number of carboxylic acids is 1. The molecular formula is C15H13ClO4. The number of carboxylic acid groups (broad SMARTS) is 1. The number of methoxy groups -OCH3 is 2. The summed E-state index contributed by atoms with van der Waals surface area (Å²) in [5, 5.41) is 9.86. The van der Waals surface area contributed by atoms with Crippen LogP contribution in [0.25, 0.3) is 11.1 Å². The molecule has 0 aliphatic carbocycles. The van der Waals surface area contributed by atoms with Gasteiger partial charge >= 0.3 is 5.97 Å². The van der Waals surface area contributed by atoms with Crippen molar-refractivity contribution in [1.29, 1.82) is 0 Å². The van der Waals surface area contributed by atoms with Crippen molar-refractivity contribution in [1.82, 2.24) is 0 Å². The normalized spacial score (nSPS) is 10.2. The van der Waals surface area contributed by atoms with Gasteiger partial charge in [-0.15, -0.1) is 0 Å². The van der Waals surface area contributed by atoms with Crippen molar-refractivity contribution in [2.75, 3.05) is 14.2 Å². The van der Waals surface area contributed by atoms with E-state index in [4.69, 9.17) is 21.1 Å². The fourth-order valence-electron chi connectivity index (χ4n) is 1.96. The number of carbonyl (C=O) groups is 1. The molecule has 0 aromatic heterocycles. The molecule has 0 spiro atoms. The molecule has 4 nitrogen and oxygen atoms in total. The summed E-state index contributed by atoms with van der Waals surface area (Å²) in [6, 6.07) is 10.4. The number of benzene rings is 2. The second-order valence-electron chi connectivity index (χ2n) is 4.07. The maximum absolute atomic E-state index is 11.3. The van der Waals surface area contributed by atoms with E-state index < -0.39 is 5.97 Å². The van der Waals surface area contributed by atoms with Gasteiger partial charge in [-0.1, -0.05) is 23.7 Å². The Bertz CT molecular complexity index is 652. The molecule has 0 unspecified atom stereocenters. The van der Waals surface area contributed by atoms with E-state index in [1.165, 1.54) is 20.3 Å². The van der Waals surface area contributed by atoms with Gasteiger partial charge < -0.3 is 14.6 Å². The highest BCUT2D eigenvalue weighted by Crippen LogP contribution is 2.36. The molecule has 0 radical (unpaired) electrons. The van der Waals surface area contributed by atoms with Crippen LogP contribution < -0.4 is 9.47 Å². The van der Waals surface area contributed by atoms with Crippen molar-refractivity contribution in [3.8, 4) is 22.6 Å². The molecule has 0 bridgehead atoms. The fraction of sp³-hybridized carbons (Fsp3) is 0.133. The molecule has 0 aliphatic rings. The summed E-state index contributed by atoms with van der Waals surface area (Å²) < 4.78 is 10.3. The zero-order valence-corrected chi connectivity index (χ0v) is 11.8. The van der Waals surface area contributed by atoms with Crippen LogP contribution in [0, 0.1) is 0 Å². The highest BCUT2D eigenvalue weighted by molar-refractivity contribution is 6.30. The molecule has 0 saturated carbocycles. The Morgan fingerprint density at radius 2 is 1.85 bits per heavy atom. The van der Waals surface area contributed by atoms with E-state index in [2.05, 4.69) is 0 Å². The van der Waals surface area contributed by atoms with Gasteiger partial charge in [0.05, 0.1) is 14.2 Å². The summed E-state index contributed by atoms with van der Waals surface area (Å²) in [6.07, 6.45) is 0. The quantitative estimate of drug-likeness (QED) is 0.933. The van der Waals surface area contributed by atoms with Gasteiger partial charge in [-0.25, -0.2) is 4.79 Å². The summed E-state index contributed by atoms with van der Waals surface area (Å²) in [6.45, 7) is 0. The Morgan fingerprint density at radius 1 is 1.10 bits per heavy atom. The lowest BCUT2D eigenvalue weighted by atomic mass is 10.0. The van der Waals surface area contributed by atoms with Gasteiger partial charge in [0, 0.05) is 5.02 Å². The standard InChI is InChI=1S/C15H13ClO4/c1-19-13-8-10(9-4-3-5-11(16)6-9)7-12(15(17)18)14(13)20-2/h3-8H,1-2H3,(H,17,18). The minimum absolute atomic E-state index is 0.0434. The first-order valence-electron chi connectivity index (χ1n) is 5.82. The largest absolute Gasteiger partial charge is 0.493 e. The van der Waals surface area contributed by atoms with Crippen molar-refractivity contribution in [3.63, 3.8) is 0 Å². The van der Waals surface area contributed by atoms with Gasteiger partial charge in [-0.05, 0) is 35.4 Å². The Labute approximate surface area is 121 Å². The molecule has 0 heterocycles. The summed E-state index contributed by atoms with van der Waals surface area (Å²) in [7, 11) is 2.87. The number of hydrogen-bond acceptors (Lipinski definition) is 3. The van der Waals surface area contributed by atoms with Gasteiger partial charge in [0.15, 0.2) is 11.5 Å². The van der Waals surface area contributed by atoms with Crippen LogP contribution in [0.4, 0.5) is 0 Å². The van der Waals surface area contributed by atoms with Gasteiger partial charge in [0.25, 0.3) is 0 Å². The highest BCUT2D eigenvalue weighted by Gasteiger charge is 2.18. The minimum atomic E-state index is -1.08. The number of halogens is 1. The number of rotatable bonds is 4. The first kappa shape index (κ1) is 14.2. The van der Waals surface area contributed by atoms with Gasteiger partial charge in [0.2, 0.25) is 0 Å². The predicted octanol–water partition coefficient (Wildman–Crippen LogP) is 3.72. The zero-order chi connectivity index (χ0) is 14.7. The molecule has 0 amide bonds. The number of ether oxygens (including phenoxy) is 2. The van der Waals surface area contributed by atoms with Crippen molar-refractivity contribution < 1.29 is 19.4 Å². The lowest BCUT2D eigenvalue weighted by Gasteiger charge is -2.13. The van der Waals surface area contributed by atoms with Gasteiger partial charge in [-0.3, -0.25) is 0 Å². The smallest absolute Gasteiger partial charge is 0.339 e. The molecule has 20 heavy (non-hydrogen) atoms. The van der Waals surface area contributed by atoms with E-state index in [1.54, 1.807) is 24.3 Å². The zero-order valence-electron chi connectivity index (χ0n) is 11.0. The molecule has 0 saturated heterocycles. The molecule has 0 fully saturated rings. The highest BCUT2D eigenvalue weighted by atomic mass is 35.5. The van der Waals surface area contributed by atoms with E-state index in [0.717, 1.165) is 5.56 Å². The van der Waals surface area contributed by atoms with Crippen LogP contribution in [-0.4, -0.2) is 25.3 Å². The maximum atomic E-state index is 11.3. The second-order valence-corrected chi connectivity index (χ2v) is 4.51. The minimum Gasteiger partial charge on any atom is -0.493 e. The molecule has 1 N–H and O–H groups in total. The fourth-order valence-corrected chi connectivity index (χ4v) is 2.15. The third-order valence-electron chi connectivity index (χ3n) is 2.87. The monoisotopic (exact) mass is 292 g/mol. The average molecular weight is 293 g/mol. The Morgan fingerprint density at radius 3 is 2.40 bits per heavy atom. The Hall–Kier alpha value is -2.20. The van der Waals surface area contributed by atoms with Crippen LogP contribution in [0.1, 0.15) is 10.4 Å². The second kappa shape index (κ2) is 5.84. The van der Waals surface area contributed by atoms with Crippen LogP contribution in [0.5, 0.6) is 11.5 Å².